The molecule has 0 atom stereocenters. The molecule has 3 aromatic rings. The molecule has 0 radical (unpaired) electrons. The van der Waals surface area contributed by atoms with Crippen LogP contribution in [0.1, 0.15) is 17.3 Å². The third-order valence-corrected chi connectivity index (χ3v) is 2.89. The number of halogens is 1. The standard InChI is InChI=1S/C15H10FNO2/c1-9(18)12-3-2-4-13-14(12)19-15(17-13)10-5-7-11(16)8-6-10/h2-8H,1H3. The van der Waals surface area contributed by atoms with Gasteiger partial charge < -0.3 is 4.42 Å². The Morgan fingerprint density at radius 2 is 1.89 bits per heavy atom. The molecule has 0 aliphatic heterocycles. The summed E-state index contributed by atoms with van der Waals surface area (Å²) in [6.07, 6.45) is 0. The Balaban J connectivity index is 2.19. The second-order valence-corrected chi connectivity index (χ2v) is 4.24. The molecule has 0 fully saturated rings. The third-order valence-electron chi connectivity index (χ3n) is 2.89. The number of ketones is 1. The summed E-state index contributed by atoms with van der Waals surface area (Å²) < 4.78 is 18.5. The molecule has 0 N–H and O–H groups in total. The maximum atomic E-state index is 12.9. The van der Waals surface area contributed by atoms with Crippen molar-refractivity contribution in [2.45, 2.75) is 6.92 Å². The number of para-hydroxylation sites is 1. The smallest absolute Gasteiger partial charge is 0.227 e. The molecule has 0 amide bonds. The average Bonchev–Trinajstić information content (AvgIpc) is 2.82. The first-order valence-corrected chi connectivity index (χ1v) is 5.81. The summed E-state index contributed by atoms with van der Waals surface area (Å²) in [6, 6.07) is 11.1. The molecule has 94 valence electrons. The van der Waals surface area contributed by atoms with Crippen LogP contribution in [0.5, 0.6) is 0 Å². The fourth-order valence-electron chi connectivity index (χ4n) is 1.94. The van der Waals surface area contributed by atoms with Gasteiger partial charge in [0.15, 0.2) is 11.4 Å². The van der Waals surface area contributed by atoms with Gasteiger partial charge in [-0.15, -0.1) is 0 Å². The molecule has 0 aliphatic rings. The molecule has 4 heteroatoms. The third kappa shape index (κ3) is 2.01. The number of oxazole rings is 1. The number of rotatable bonds is 2. The summed E-state index contributed by atoms with van der Waals surface area (Å²) in [5, 5.41) is 0. The van der Waals surface area contributed by atoms with Crippen molar-refractivity contribution in [1.29, 1.82) is 0 Å². The molecule has 1 aromatic heterocycles. The van der Waals surface area contributed by atoms with Crippen LogP contribution in [0.2, 0.25) is 0 Å². The van der Waals surface area contributed by atoms with E-state index in [0.29, 0.717) is 28.1 Å². The number of hydrogen-bond acceptors (Lipinski definition) is 3. The Hall–Kier alpha value is -2.49. The summed E-state index contributed by atoms with van der Waals surface area (Å²) in [7, 11) is 0. The van der Waals surface area contributed by atoms with Crippen LogP contribution in [-0.2, 0) is 0 Å². The summed E-state index contributed by atoms with van der Waals surface area (Å²) in [5.74, 6) is -0.0135. The quantitative estimate of drug-likeness (QED) is 0.653. The highest BCUT2D eigenvalue weighted by Crippen LogP contribution is 2.26. The Bertz CT molecular complexity index is 759. The second kappa shape index (κ2) is 4.31. The topological polar surface area (TPSA) is 43.1 Å². The Labute approximate surface area is 108 Å². The molecule has 0 spiro atoms. The van der Waals surface area contributed by atoms with E-state index in [2.05, 4.69) is 4.98 Å². The van der Waals surface area contributed by atoms with E-state index in [9.17, 15) is 9.18 Å². The number of Topliss-reactive ketones (excluding diaryl/α,β-unsaturated/α-hetero) is 1. The van der Waals surface area contributed by atoms with Crippen molar-refractivity contribution in [3.63, 3.8) is 0 Å². The van der Waals surface area contributed by atoms with Gasteiger partial charge in [0.25, 0.3) is 0 Å². The number of aromatic nitrogens is 1. The van der Waals surface area contributed by atoms with Crippen LogP contribution in [0.15, 0.2) is 46.9 Å². The van der Waals surface area contributed by atoms with E-state index >= 15 is 0 Å². The van der Waals surface area contributed by atoms with E-state index in [0.717, 1.165) is 0 Å². The lowest BCUT2D eigenvalue weighted by molar-refractivity contribution is 0.101. The van der Waals surface area contributed by atoms with Crippen LogP contribution >= 0.6 is 0 Å². The van der Waals surface area contributed by atoms with Gasteiger partial charge in [0, 0.05) is 5.56 Å². The summed E-state index contributed by atoms with van der Waals surface area (Å²) in [6.45, 7) is 1.48. The molecule has 0 saturated heterocycles. The predicted octanol–water partition coefficient (Wildman–Crippen LogP) is 3.84. The highest BCUT2D eigenvalue weighted by molar-refractivity contribution is 6.04. The maximum absolute atomic E-state index is 12.9. The first-order valence-electron chi connectivity index (χ1n) is 5.81. The van der Waals surface area contributed by atoms with Gasteiger partial charge in [-0.05, 0) is 43.3 Å². The highest BCUT2D eigenvalue weighted by atomic mass is 19.1. The molecule has 0 unspecified atom stereocenters. The van der Waals surface area contributed by atoms with Gasteiger partial charge in [-0.25, -0.2) is 9.37 Å². The normalized spacial score (nSPS) is 10.8. The molecule has 19 heavy (non-hydrogen) atoms. The van der Waals surface area contributed by atoms with Gasteiger partial charge in [-0.1, -0.05) is 6.07 Å². The molecule has 2 aromatic carbocycles. The van der Waals surface area contributed by atoms with Gasteiger partial charge in [0.1, 0.15) is 11.3 Å². The van der Waals surface area contributed by atoms with Crippen molar-refractivity contribution >= 4 is 16.9 Å². The van der Waals surface area contributed by atoms with E-state index in [-0.39, 0.29) is 11.6 Å². The van der Waals surface area contributed by atoms with Crippen LogP contribution in [0, 0.1) is 5.82 Å². The van der Waals surface area contributed by atoms with Crippen molar-refractivity contribution < 1.29 is 13.6 Å². The lowest BCUT2D eigenvalue weighted by Crippen LogP contribution is -1.91. The first kappa shape index (κ1) is 11.6. The maximum Gasteiger partial charge on any atom is 0.227 e. The Morgan fingerprint density at radius 1 is 1.16 bits per heavy atom. The lowest BCUT2D eigenvalue weighted by atomic mass is 10.1. The van der Waals surface area contributed by atoms with Crippen LogP contribution in [0.4, 0.5) is 4.39 Å². The molecule has 0 aliphatic carbocycles. The number of carbonyl (C=O) groups is 1. The molecule has 0 saturated carbocycles. The zero-order valence-electron chi connectivity index (χ0n) is 10.2. The van der Waals surface area contributed by atoms with Crippen molar-refractivity contribution in [2.75, 3.05) is 0 Å². The number of benzene rings is 2. The summed E-state index contributed by atoms with van der Waals surface area (Å²) in [4.78, 5) is 15.8. The summed E-state index contributed by atoms with van der Waals surface area (Å²) >= 11 is 0. The number of nitrogens with zero attached hydrogens (tertiary/aromatic N) is 1. The van der Waals surface area contributed by atoms with Gasteiger partial charge >= 0.3 is 0 Å². The number of hydrogen-bond donors (Lipinski definition) is 0. The Morgan fingerprint density at radius 3 is 2.58 bits per heavy atom. The van der Waals surface area contributed by atoms with Crippen LogP contribution in [0.3, 0.4) is 0 Å². The number of carbonyl (C=O) groups excluding carboxylic acids is 1. The first-order chi connectivity index (χ1) is 9.15. The zero-order chi connectivity index (χ0) is 13.4. The van der Waals surface area contributed by atoms with Crippen molar-refractivity contribution in [2.24, 2.45) is 0 Å². The van der Waals surface area contributed by atoms with E-state index in [1.807, 2.05) is 0 Å². The van der Waals surface area contributed by atoms with Gasteiger partial charge in [-0.2, -0.15) is 0 Å². The molecular formula is C15H10FNO2. The lowest BCUT2D eigenvalue weighted by Gasteiger charge is -1.95. The minimum atomic E-state index is -0.315. The largest absolute Gasteiger partial charge is 0.435 e. The fourth-order valence-corrected chi connectivity index (χ4v) is 1.94. The highest BCUT2D eigenvalue weighted by Gasteiger charge is 2.13. The minimum absolute atomic E-state index is 0.0765. The van der Waals surface area contributed by atoms with E-state index in [1.165, 1.54) is 19.1 Å². The van der Waals surface area contributed by atoms with Crippen molar-refractivity contribution in [1.82, 2.24) is 4.98 Å². The van der Waals surface area contributed by atoms with Crippen LogP contribution in [-0.4, -0.2) is 10.8 Å². The van der Waals surface area contributed by atoms with E-state index in [1.54, 1.807) is 30.3 Å². The number of fused-ring (bicyclic) bond motifs is 1. The van der Waals surface area contributed by atoms with Crippen LogP contribution < -0.4 is 0 Å². The zero-order valence-corrected chi connectivity index (χ0v) is 10.2. The van der Waals surface area contributed by atoms with E-state index < -0.39 is 0 Å². The van der Waals surface area contributed by atoms with Gasteiger partial charge in [0.2, 0.25) is 5.89 Å². The average molecular weight is 255 g/mol. The fraction of sp³-hybridized carbons (Fsp3) is 0.0667. The second-order valence-electron chi connectivity index (χ2n) is 4.24. The molecular weight excluding hydrogens is 245 g/mol. The molecule has 1 heterocycles. The van der Waals surface area contributed by atoms with Crippen molar-refractivity contribution in [3.05, 3.63) is 53.8 Å². The van der Waals surface area contributed by atoms with E-state index in [4.69, 9.17) is 4.42 Å². The van der Waals surface area contributed by atoms with Gasteiger partial charge in [-0.3, -0.25) is 4.79 Å². The Kier molecular flexibility index (Phi) is 2.63. The minimum Gasteiger partial charge on any atom is -0.435 e. The van der Waals surface area contributed by atoms with Gasteiger partial charge in [0.05, 0.1) is 5.56 Å². The molecule has 3 nitrogen and oxygen atoms in total. The SMILES string of the molecule is CC(=O)c1cccc2nc(-c3ccc(F)cc3)oc12. The molecule has 3 rings (SSSR count). The van der Waals surface area contributed by atoms with Crippen molar-refractivity contribution in [3.8, 4) is 11.5 Å². The summed E-state index contributed by atoms with van der Waals surface area (Å²) in [5.41, 5.74) is 2.26. The van der Waals surface area contributed by atoms with Crippen LogP contribution in [0.25, 0.3) is 22.6 Å². The monoisotopic (exact) mass is 255 g/mol. The molecule has 0 bridgehead atoms. The predicted molar refractivity (Wildman–Crippen MR) is 69.4 cm³/mol.